The summed E-state index contributed by atoms with van der Waals surface area (Å²) in [5.41, 5.74) is 2.11. The number of piperidine rings is 1. The molecule has 12 heteroatoms. The van der Waals surface area contributed by atoms with E-state index in [1.54, 1.807) is 4.90 Å². The monoisotopic (exact) mass is 575 g/mol. The molecular weight excluding hydrogens is 535 g/mol. The van der Waals surface area contributed by atoms with Gasteiger partial charge in [0.05, 0.1) is 19.6 Å². The molecule has 1 aromatic heterocycles. The van der Waals surface area contributed by atoms with Gasteiger partial charge in [-0.25, -0.2) is 4.98 Å². The molecule has 4 heterocycles. The largest absolute Gasteiger partial charge is 0.421 e. The molecule has 0 saturated carbocycles. The number of anilines is 4. The second-order valence-electron chi connectivity index (χ2n) is 11.2. The number of carbonyl (C=O) groups is 1. The maximum absolute atomic E-state index is 13.7. The summed E-state index contributed by atoms with van der Waals surface area (Å²) in [6.07, 6.45) is 1.39. The molecule has 0 aliphatic carbocycles. The first-order valence-corrected chi connectivity index (χ1v) is 14.6. The number of benzene rings is 1. The summed E-state index contributed by atoms with van der Waals surface area (Å²) >= 11 is 0. The molecular formula is C29H40F3N7O2. The van der Waals surface area contributed by atoms with E-state index in [0.717, 1.165) is 37.0 Å². The highest BCUT2D eigenvalue weighted by Crippen LogP contribution is 2.37. The van der Waals surface area contributed by atoms with E-state index in [2.05, 4.69) is 56.5 Å². The number of likely N-dealkylation sites (N-methyl/N-ethyl adjacent to an activating group) is 1. The molecule has 2 atom stereocenters. The van der Waals surface area contributed by atoms with Crippen LogP contribution in [-0.2, 0) is 22.1 Å². The van der Waals surface area contributed by atoms with Crippen LogP contribution >= 0.6 is 0 Å². The van der Waals surface area contributed by atoms with Crippen molar-refractivity contribution in [3.8, 4) is 0 Å². The topological polar surface area (TPSA) is 85.9 Å². The van der Waals surface area contributed by atoms with Gasteiger partial charge in [-0.3, -0.25) is 4.79 Å². The molecule has 9 nitrogen and oxygen atoms in total. The number of fused-ring (bicyclic) bond motifs is 2. The van der Waals surface area contributed by atoms with Crippen LogP contribution in [0.2, 0.25) is 0 Å². The number of nitrogens with zero attached hydrogens (tertiary/aromatic N) is 5. The first kappa shape index (κ1) is 29.4. The standard InChI is InChI=1S/C29H40F3N7O2/c1-3-20-16-21(39-22-6-4-7-23(39)19-37(2)18-22)8-9-25(20)35-28-34-17-24(29(30,31)32)27(36-28)33-11-5-12-38-13-15-41-14-10-26(38)40/h8-9,16-17,22-23H,3-7,10-15,18-19H2,1-2H3,(H2,33,34,35,36). The Morgan fingerprint density at radius 1 is 1.15 bits per heavy atom. The molecule has 2 aromatic rings. The highest BCUT2D eigenvalue weighted by atomic mass is 19.4. The van der Waals surface area contributed by atoms with Crippen molar-refractivity contribution in [3.63, 3.8) is 0 Å². The summed E-state index contributed by atoms with van der Waals surface area (Å²) in [5, 5.41) is 5.99. The van der Waals surface area contributed by atoms with Gasteiger partial charge in [-0.2, -0.15) is 18.2 Å². The highest BCUT2D eigenvalue weighted by Gasteiger charge is 2.37. The third kappa shape index (κ3) is 7.03. The Hall–Kier alpha value is -3.12. The molecule has 0 spiro atoms. The van der Waals surface area contributed by atoms with Crippen molar-refractivity contribution >= 4 is 29.0 Å². The van der Waals surface area contributed by atoms with Crippen LogP contribution in [0.1, 0.15) is 50.2 Å². The van der Waals surface area contributed by atoms with Crippen LogP contribution in [0.5, 0.6) is 0 Å². The number of hydrogen-bond donors (Lipinski definition) is 2. The molecule has 3 aliphatic rings. The molecule has 3 fully saturated rings. The number of nitrogens with one attached hydrogen (secondary N) is 2. The molecule has 224 valence electrons. The van der Waals surface area contributed by atoms with Gasteiger partial charge in [0.15, 0.2) is 0 Å². The predicted octanol–water partition coefficient (Wildman–Crippen LogP) is 4.53. The maximum Gasteiger partial charge on any atom is 0.421 e. The maximum atomic E-state index is 13.7. The number of halogens is 3. The smallest absolute Gasteiger partial charge is 0.379 e. The van der Waals surface area contributed by atoms with E-state index < -0.39 is 11.7 Å². The van der Waals surface area contributed by atoms with E-state index in [1.165, 1.54) is 24.9 Å². The summed E-state index contributed by atoms with van der Waals surface area (Å²) in [4.78, 5) is 27.0. The van der Waals surface area contributed by atoms with Crippen molar-refractivity contribution in [3.05, 3.63) is 35.5 Å². The number of ether oxygens (including phenoxy) is 1. The summed E-state index contributed by atoms with van der Waals surface area (Å²) in [6, 6.07) is 7.26. The molecule has 1 amide bonds. The van der Waals surface area contributed by atoms with Crippen LogP contribution < -0.4 is 15.5 Å². The third-order valence-corrected chi connectivity index (χ3v) is 8.23. The predicted molar refractivity (Wildman–Crippen MR) is 153 cm³/mol. The van der Waals surface area contributed by atoms with Crippen LogP contribution in [0.25, 0.3) is 0 Å². The Morgan fingerprint density at radius 2 is 1.93 bits per heavy atom. The minimum atomic E-state index is -4.60. The number of carbonyl (C=O) groups excluding carboxylic acids is 1. The fraction of sp³-hybridized carbons (Fsp3) is 0.621. The van der Waals surface area contributed by atoms with Gasteiger partial charge in [-0.05, 0) is 62.9 Å². The van der Waals surface area contributed by atoms with Crippen molar-refractivity contribution < 1.29 is 22.7 Å². The van der Waals surface area contributed by atoms with Gasteiger partial charge in [-0.15, -0.1) is 0 Å². The fourth-order valence-corrected chi connectivity index (χ4v) is 6.23. The van der Waals surface area contributed by atoms with Crippen molar-refractivity contribution in [2.75, 3.05) is 68.5 Å². The summed E-state index contributed by atoms with van der Waals surface area (Å²) in [5.74, 6) is -0.180. The lowest BCUT2D eigenvalue weighted by molar-refractivity contribution is -0.137. The first-order valence-electron chi connectivity index (χ1n) is 14.6. The number of rotatable bonds is 9. The third-order valence-electron chi connectivity index (χ3n) is 8.23. The Kier molecular flexibility index (Phi) is 9.18. The van der Waals surface area contributed by atoms with Crippen molar-refractivity contribution in [1.82, 2.24) is 19.8 Å². The minimum Gasteiger partial charge on any atom is -0.379 e. The van der Waals surface area contributed by atoms with E-state index in [9.17, 15) is 18.0 Å². The van der Waals surface area contributed by atoms with E-state index in [-0.39, 0.29) is 24.2 Å². The molecule has 2 N–H and O–H groups in total. The Labute approximate surface area is 239 Å². The summed E-state index contributed by atoms with van der Waals surface area (Å²) < 4.78 is 46.6. The van der Waals surface area contributed by atoms with Crippen LogP contribution in [-0.4, -0.2) is 90.7 Å². The number of aromatic nitrogens is 2. The number of aryl methyl sites for hydroxylation is 1. The Bertz CT molecular complexity index is 1200. The summed E-state index contributed by atoms with van der Waals surface area (Å²) in [6.45, 7) is 6.19. The first-order chi connectivity index (χ1) is 19.7. The molecule has 5 rings (SSSR count). The van der Waals surface area contributed by atoms with Crippen LogP contribution in [0.3, 0.4) is 0 Å². The number of alkyl halides is 3. The molecule has 3 saturated heterocycles. The number of piperazine rings is 1. The fourth-order valence-electron chi connectivity index (χ4n) is 6.23. The van der Waals surface area contributed by atoms with E-state index in [1.807, 2.05) is 6.07 Å². The minimum absolute atomic E-state index is 0.000537. The normalized spacial score (nSPS) is 22.0. The van der Waals surface area contributed by atoms with Crippen molar-refractivity contribution in [1.29, 1.82) is 0 Å². The van der Waals surface area contributed by atoms with Crippen LogP contribution in [0, 0.1) is 0 Å². The van der Waals surface area contributed by atoms with Crippen LogP contribution in [0.4, 0.5) is 36.3 Å². The van der Waals surface area contributed by atoms with Crippen molar-refractivity contribution in [2.24, 2.45) is 0 Å². The molecule has 2 unspecified atom stereocenters. The van der Waals surface area contributed by atoms with Gasteiger partial charge in [0.2, 0.25) is 11.9 Å². The molecule has 0 radical (unpaired) electrons. The van der Waals surface area contributed by atoms with E-state index in [0.29, 0.717) is 51.2 Å². The number of hydrogen-bond acceptors (Lipinski definition) is 8. The number of amides is 1. The molecule has 3 aliphatic heterocycles. The average Bonchev–Trinajstić information content (AvgIpc) is 3.14. The molecule has 41 heavy (non-hydrogen) atoms. The van der Waals surface area contributed by atoms with Gasteiger partial charge < -0.3 is 30.1 Å². The van der Waals surface area contributed by atoms with Crippen molar-refractivity contribution in [2.45, 2.75) is 63.7 Å². The molecule has 1 aromatic carbocycles. The quantitative estimate of drug-likeness (QED) is 0.422. The zero-order valence-electron chi connectivity index (χ0n) is 23.8. The van der Waals surface area contributed by atoms with Gasteiger partial charge in [0.25, 0.3) is 0 Å². The molecule has 2 bridgehead atoms. The lowest BCUT2D eigenvalue weighted by Gasteiger charge is -2.50. The van der Waals surface area contributed by atoms with Gasteiger partial charge in [0.1, 0.15) is 11.4 Å². The van der Waals surface area contributed by atoms with Gasteiger partial charge in [-0.1, -0.05) is 6.92 Å². The van der Waals surface area contributed by atoms with E-state index >= 15 is 0 Å². The van der Waals surface area contributed by atoms with Gasteiger partial charge in [0, 0.05) is 62.4 Å². The number of likely N-dealkylation sites (tertiary alicyclic amines) is 1. The Balaban J connectivity index is 1.29. The average molecular weight is 576 g/mol. The zero-order chi connectivity index (χ0) is 29.0. The lowest BCUT2D eigenvalue weighted by Crippen LogP contribution is -2.60. The zero-order valence-corrected chi connectivity index (χ0v) is 23.8. The SMILES string of the molecule is CCc1cc(N2C3CCCC2CN(C)C3)ccc1Nc1ncc(C(F)(F)F)c(NCCCN2CCOCCC2=O)n1. The van der Waals surface area contributed by atoms with Gasteiger partial charge >= 0.3 is 6.18 Å². The second kappa shape index (κ2) is 12.8. The second-order valence-corrected chi connectivity index (χ2v) is 11.2. The highest BCUT2D eigenvalue weighted by molar-refractivity contribution is 5.76. The lowest BCUT2D eigenvalue weighted by atomic mass is 9.90. The van der Waals surface area contributed by atoms with Crippen LogP contribution in [0.15, 0.2) is 24.4 Å². The van der Waals surface area contributed by atoms with E-state index in [4.69, 9.17) is 4.74 Å². The Morgan fingerprint density at radius 3 is 2.66 bits per heavy atom. The summed E-state index contributed by atoms with van der Waals surface area (Å²) in [7, 11) is 2.19.